The van der Waals surface area contributed by atoms with Crippen molar-refractivity contribution in [2.45, 2.75) is 31.5 Å². The largest absolute Gasteiger partial charge is 0.462 e. The molecule has 0 aliphatic rings. The molecular formula is C15H17BrN2O3S. The van der Waals surface area contributed by atoms with Gasteiger partial charge in [-0.1, -0.05) is 40.6 Å². The zero-order valence-corrected chi connectivity index (χ0v) is 14.8. The van der Waals surface area contributed by atoms with Crippen molar-refractivity contribution in [1.29, 1.82) is 0 Å². The summed E-state index contributed by atoms with van der Waals surface area (Å²) < 4.78 is 5.81. The second kappa shape index (κ2) is 7.69. The Bertz CT molecular complexity index is 686. The predicted molar refractivity (Wildman–Crippen MR) is 91.8 cm³/mol. The van der Waals surface area contributed by atoms with Gasteiger partial charge in [0.25, 0.3) is 0 Å². The van der Waals surface area contributed by atoms with Crippen molar-refractivity contribution in [3.8, 4) is 0 Å². The first-order chi connectivity index (χ1) is 10.5. The third kappa shape index (κ3) is 4.04. The molecule has 0 radical (unpaired) electrons. The van der Waals surface area contributed by atoms with Crippen molar-refractivity contribution < 1.29 is 14.3 Å². The van der Waals surface area contributed by atoms with E-state index in [0.717, 1.165) is 23.1 Å². The highest BCUT2D eigenvalue weighted by atomic mass is 79.9. The van der Waals surface area contributed by atoms with Gasteiger partial charge < -0.3 is 10.1 Å². The van der Waals surface area contributed by atoms with Crippen molar-refractivity contribution in [3.05, 3.63) is 23.8 Å². The van der Waals surface area contributed by atoms with Crippen molar-refractivity contribution >= 4 is 54.5 Å². The third-order valence-corrected chi connectivity index (χ3v) is 4.76. The molecule has 0 aliphatic carbocycles. The molecule has 2 aromatic rings. The van der Waals surface area contributed by atoms with E-state index in [1.54, 1.807) is 25.1 Å². The van der Waals surface area contributed by atoms with E-state index in [9.17, 15) is 9.59 Å². The summed E-state index contributed by atoms with van der Waals surface area (Å²) >= 11 is 4.70. The Balaban J connectivity index is 2.16. The minimum absolute atomic E-state index is 0.105. The van der Waals surface area contributed by atoms with Crippen LogP contribution in [0.2, 0.25) is 0 Å². The van der Waals surface area contributed by atoms with Gasteiger partial charge in [0.2, 0.25) is 5.91 Å². The molecule has 0 saturated heterocycles. The molecule has 118 valence electrons. The topological polar surface area (TPSA) is 68.3 Å². The Labute approximate surface area is 141 Å². The number of rotatable bonds is 6. The number of hydrogen-bond acceptors (Lipinski definition) is 5. The number of alkyl halides is 1. The molecule has 7 heteroatoms. The smallest absolute Gasteiger partial charge is 0.338 e. The van der Waals surface area contributed by atoms with E-state index < -0.39 is 0 Å². The van der Waals surface area contributed by atoms with Gasteiger partial charge in [-0.2, -0.15) is 0 Å². The van der Waals surface area contributed by atoms with Crippen molar-refractivity contribution in [3.63, 3.8) is 0 Å². The first-order valence-corrected chi connectivity index (χ1v) is 8.81. The standard InChI is InChI=1S/C15H17BrN2O3S/c1-3-5-10(16)13(19)18-15-17-11-7-6-9(8-12(11)22-15)14(20)21-4-2/h6-8,10H,3-5H2,1-2H3,(H,17,18,19). The lowest BCUT2D eigenvalue weighted by Crippen LogP contribution is -2.22. The summed E-state index contributed by atoms with van der Waals surface area (Å²) in [5, 5.41) is 3.32. The Morgan fingerprint density at radius 3 is 2.86 bits per heavy atom. The maximum absolute atomic E-state index is 12.0. The average Bonchev–Trinajstić information content (AvgIpc) is 2.88. The molecule has 2 rings (SSSR count). The monoisotopic (exact) mass is 384 g/mol. The molecule has 0 saturated carbocycles. The number of hydrogen-bond donors (Lipinski definition) is 1. The second-order valence-electron chi connectivity index (χ2n) is 4.67. The SMILES string of the molecule is CCCC(Br)C(=O)Nc1nc2ccc(C(=O)OCC)cc2s1. The van der Waals surface area contributed by atoms with Crippen LogP contribution in [0.25, 0.3) is 10.2 Å². The molecule has 0 bridgehead atoms. The first kappa shape index (κ1) is 16.9. The summed E-state index contributed by atoms with van der Waals surface area (Å²) in [5.74, 6) is -0.460. The van der Waals surface area contributed by atoms with Gasteiger partial charge in [0, 0.05) is 0 Å². The minimum atomic E-state index is -0.355. The number of carbonyl (C=O) groups is 2. The zero-order chi connectivity index (χ0) is 16.1. The van der Waals surface area contributed by atoms with Crippen LogP contribution in [0.4, 0.5) is 5.13 Å². The molecule has 1 N–H and O–H groups in total. The average molecular weight is 385 g/mol. The quantitative estimate of drug-likeness (QED) is 0.604. The van der Waals surface area contributed by atoms with Crippen molar-refractivity contribution in [2.24, 2.45) is 0 Å². The van der Waals surface area contributed by atoms with Crippen LogP contribution in [0.5, 0.6) is 0 Å². The fourth-order valence-electron chi connectivity index (χ4n) is 1.89. The van der Waals surface area contributed by atoms with Gasteiger partial charge in [0.1, 0.15) is 0 Å². The zero-order valence-electron chi connectivity index (χ0n) is 12.4. The molecule has 1 atom stereocenters. The van der Waals surface area contributed by atoms with Gasteiger partial charge in [0.05, 0.1) is 27.2 Å². The van der Waals surface area contributed by atoms with Crippen LogP contribution in [0.3, 0.4) is 0 Å². The number of esters is 1. The van der Waals surface area contributed by atoms with Crippen LogP contribution in [-0.4, -0.2) is 28.3 Å². The van der Waals surface area contributed by atoms with E-state index in [0.29, 0.717) is 17.3 Å². The van der Waals surface area contributed by atoms with Crippen LogP contribution < -0.4 is 5.32 Å². The summed E-state index contributed by atoms with van der Waals surface area (Å²) in [7, 11) is 0. The molecule has 0 fully saturated rings. The first-order valence-electron chi connectivity index (χ1n) is 7.07. The van der Waals surface area contributed by atoms with Crippen LogP contribution >= 0.6 is 27.3 Å². The number of carbonyl (C=O) groups excluding carboxylic acids is 2. The highest BCUT2D eigenvalue weighted by Crippen LogP contribution is 2.27. The van der Waals surface area contributed by atoms with E-state index in [-0.39, 0.29) is 16.7 Å². The Hall–Kier alpha value is -1.47. The highest BCUT2D eigenvalue weighted by Gasteiger charge is 2.16. The van der Waals surface area contributed by atoms with Gasteiger partial charge in [-0.15, -0.1) is 0 Å². The maximum atomic E-state index is 12.0. The van der Waals surface area contributed by atoms with E-state index >= 15 is 0 Å². The molecule has 0 aliphatic heterocycles. The summed E-state index contributed by atoms with van der Waals surface area (Å²) in [6, 6.07) is 5.17. The number of thiazole rings is 1. The van der Waals surface area contributed by atoms with Crippen LogP contribution in [0, 0.1) is 0 Å². The number of nitrogens with zero attached hydrogens (tertiary/aromatic N) is 1. The lowest BCUT2D eigenvalue weighted by Gasteiger charge is -2.06. The molecule has 1 heterocycles. The molecule has 1 unspecified atom stereocenters. The molecule has 0 spiro atoms. The third-order valence-electron chi connectivity index (χ3n) is 2.96. The van der Waals surface area contributed by atoms with Gasteiger partial charge in [-0.05, 0) is 31.5 Å². The Morgan fingerprint density at radius 1 is 1.41 bits per heavy atom. The second-order valence-corrected chi connectivity index (χ2v) is 6.80. The minimum Gasteiger partial charge on any atom is -0.462 e. The number of benzene rings is 1. The van der Waals surface area contributed by atoms with Gasteiger partial charge >= 0.3 is 5.97 Å². The van der Waals surface area contributed by atoms with Crippen LogP contribution in [0.1, 0.15) is 37.0 Å². The number of anilines is 1. The highest BCUT2D eigenvalue weighted by molar-refractivity contribution is 9.10. The molecule has 5 nitrogen and oxygen atoms in total. The number of fused-ring (bicyclic) bond motifs is 1. The number of halogens is 1. The van der Waals surface area contributed by atoms with E-state index in [4.69, 9.17) is 4.74 Å². The normalized spacial score (nSPS) is 12.1. The predicted octanol–water partition coefficient (Wildman–Crippen LogP) is 3.98. The van der Waals surface area contributed by atoms with Gasteiger partial charge in [-0.25, -0.2) is 9.78 Å². The number of ether oxygens (including phenoxy) is 1. The lowest BCUT2D eigenvalue weighted by atomic mass is 10.2. The van der Waals surface area contributed by atoms with Crippen molar-refractivity contribution in [1.82, 2.24) is 4.98 Å². The maximum Gasteiger partial charge on any atom is 0.338 e. The fraction of sp³-hybridized carbons (Fsp3) is 0.400. The summed E-state index contributed by atoms with van der Waals surface area (Å²) in [5.41, 5.74) is 1.23. The number of amides is 1. The summed E-state index contributed by atoms with van der Waals surface area (Å²) in [4.78, 5) is 27.8. The molecule has 1 aromatic heterocycles. The van der Waals surface area contributed by atoms with E-state index in [1.807, 2.05) is 6.92 Å². The molecule has 22 heavy (non-hydrogen) atoms. The lowest BCUT2D eigenvalue weighted by molar-refractivity contribution is -0.115. The van der Waals surface area contributed by atoms with E-state index in [2.05, 4.69) is 26.2 Å². The van der Waals surface area contributed by atoms with Crippen LogP contribution in [-0.2, 0) is 9.53 Å². The Morgan fingerprint density at radius 2 is 2.18 bits per heavy atom. The Kier molecular flexibility index (Phi) is 5.90. The molecule has 1 aromatic carbocycles. The fourth-order valence-corrected chi connectivity index (χ4v) is 3.37. The van der Waals surface area contributed by atoms with Gasteiger partial charge in [-0.3, -0.25) is 4.79 Å². The van der Waals surface area contributed by atoms with Gasteiger partial charge in [0.15, 0.2) is 5.13 Å². The number of nitrogens with one attached hydrogen (secondary N) is 1. The molecule has 1 amide bonds. The summed E-state index contributed by atoms with van der Waals surface area (Å²) in [6.45, 7) is 4.13. The summed E-state index contributed by atoms with van der Waals surface area (Å²) in [6.07, 6.45) is 1.69. The molecular weight excluding hydrogens is 368 g/mol. The van der Waals surface area contributed by atoms with E-state index in [1.165, 1.54) is 11.3 Å². The van der Waals surface area contributed by atoms with Crippen LogP contribution in [0.15, 0.2) is 18.2 Å². The van der Waals surface area contributed by atoms with Crippen molar-refractivity contribution in [2.75, 3.05) is 11.9 Å². The number of aromatic nitrogens is 1.